The Kier molecular flexibility index (Phi) is 3.11. The zero-order valence-electron chi connectivity index (χ0n) is 7.10. The van der Waals surface area contributed by atoms with E-state index in [0.29, 0.717) is 12.8 Å². The van der Waals surface area contributed by atoms with Crippen LogP contribution in [0.4, 0.5) is 8.78 Å². The second-order valence-electron chi connectivity index (χ2n) is 3.44. The van der Waals surface area contributed by atoms with Crippen LogP contribution in [0.3, 0.4) is 0 Å². The quantitative estimate of drug-likeness (QED) is 0.697. The predicted molar refractivity (Wildman–Crippen MR) is 45.7 cm³/mol. The predicted octanol–water partition coefficient (Wildman–Crippen LogP) is 1.90. The number of primary amides is 1. The summed E-state index contributed by atoms with van der Waals surface area (Å²) in [5.41, 5.74) is 4.61. The van der Waals surface area contributed by atoms with Gasteiger partial charge < -0.3 is 5.73 Å². The number of nitrogens with two attached hydrogens (primary N) is 1. The summed E-state index contributed by atoms with van der Waals surface area (Å²) in [5, 5.41) is -0.0278. The molecule has 1 saturated carbocycles. The van der Waals surface area contributed by atoms with E-state index in [4.69, 9.17) is 11.6 Å². The van der Waals surface area contributed by atoms with Gasteiger partial charge >= 0.3 is 5.92 Å². The van der Waals surface area contributed by atoms with Gasteiger partial charge in [-0.2, -0.15) is 8.78 Å². The van der Waals surface area contributed by atoms with Crippen molar-refractivity contribution in [1.29, 1.82) is 0 Å². The number of carbonyl (C=O) groups excluding carboxylic acids is 1. The van der Waals surface area contributed by atoms with Crippen LogP contribution >= 0.6 is 11.6 Å². The van der Waals surface area contributed by atoms with Gasteiger partial charge in [0.15, 0.2) is 0 Å². The first-order valence-electron chi connectivity index (χ1n) is 4.26. The molecule has 1 rings (SSSR count). The second kappa shape index (κ2) is 3.78. The van der Waals surface area contributed by atoms with Crippen molar-refractivity contribution in [2.75, 3.05) is 0 Å². The minimum Gasteiger partial charge on any atom is -0.364 e. The summed E-state index contributed by atoms with van der Waals surface area (Å²) in [7, 11) is 0. The van der Waals surface area contributed by atoms with E-state index in [1.54, 1.807) is 0 Å². The Morgan fingerprint density at radius 1 is 1.31 bits per heavy atom. The van der Waals surface area contributed by atoms with Gasteiger partial charge in [-0.05, 0) is 25.7 Å². The van der Waals surface area contributed by atoms with Crippen LogP contribution in [-0.4, -0.2) is 17.2 Å². The minimum atomic E-state index is -3.36. The second-order valence-corrected chi connectivity index (χ2v) is 4.05. The summed E-state index contributed by atoms with van der Waals surface area (Å²) in [5.74, 6) is -5.80. The molecule has 0 saturated heterocycles. The molecule has 0 unspecified atom stereocenters. The monoisotopic (exact) mass is 211 g/mol. The lowest BCUT2D eigenvalue weighted by molar-refractivity contribution is -0.152. The molecule has 0 aromatic carbocycles. The molecule has 0 aromatic rings. The van der Waals surface area contributed by atoms with Gasteiger partial charge in [0, 0.05) is 11.3 Å². The molecule has 0 bridgehead atoms. The Labute approximate surface area is 80.4 Å². The van der Waals surface area contributed by atoms with Gasteiger partial charge in [0.1, 0.15) is 0 Å². The molecule has 0 aromatic heterocycles. The van der Waals surface area contributed by atoms with Gasteiger partial charge in [0.2, 0.25) is 0 Å². The lowest BCUT2D eigenvalue weighted by Gasteiger charge is -2.29. The summed E-state index contributed by atoms with van der Waals surface area (Å²) >= 11 is 5.75. The number of rotatable bonds is 2. The van der Waals surface area contributed by atoms with Gasteiger partial charge in [-0.15, -0.1) is 11.6 Å². The Bertz CT molecular complexity index is 202. The van der Waals surface area contributed by atoms with Crippen LogP contribution in [0, 0.1) is 5.92 Å². The fourth-order valence-corrected chi connectivity index (χ4v) is 1.87. The number of hydrogen-bond donors (Lipinski definition) is 1. The van der Waals surface area contributed by atoms with Crippen molar-refractivity contribution in [2.24, 2.45) is 11.7 Å². The first-order valence-corrected chi connectivity index (χ1v) is 4.70. The molecule has 2 nitrogen and oxygen atoms in total. The largest absolute Gasteiger partial charge is 0.364 e. The highest BCUT2D eigenvalue weighted by Crippen LogP contribution is 2.37. The van der Waals surface area contributed by atoms with E-state index >= 15 is 0 Å². The molecule has 13 heavy (non-hydrogen) atoms. The summed E-state index contributed by atoms with van der Waals surface area (Å²) in [6.45, 7) is 0. The molecule has 0 spiro atoms. The molecular weight excluding hydrogens is 200 g/mol. The number of alkyl halides is 3. The highest BCUT2D eigenvalue weighted by atomic mass is 35.5. The van der Waals surface area contributed by atoms with Crippen molar-refractivity contribution < 1.29 is 13.6 Å². The van der Waals surface area contributed by atoms with Gasteiger partial charge in [0.25, 0.3) is 5.91 Å². The van der Waals surface area contributed by atoms with Crippen LogP contribution in [0.15, 0.2) is 0 Å². The zero-order chi connectivity index (χ0) is 10.1. The molecule has 0 aliphatic heterocycles. The molecule has 0 atom stereocenters. The standard InChI is InChI=1S/C8H12ClF2NO/c9-6-3-1-5(2-4-6)8(10,11)7(12)13/h5-6H,1-4H2,(H2,12,13). The van der Waals surface area contributed by atoms with E-state index in [9.17, 15) is 13.6 Å². The number of halogens is 3. The first-order chi connectivity index (χ1) is 5.94. The molecule has 1 amide bonds. The van der Waals surface area contributed by atoms with Crippen LogP contribution in [0.2, 0.25) is 0 Å². The van der Waals surface area contributed by atoms with Crippen molar-refractivity contribution in [3.63, 3.8) is 0 Å². The van der Waals surface area contributed by atoms with E-state index in [0.717, 1.165) is 0 Å². The molecule has 76 valence electrons. The topological polar surface area (TPSA) is 43.1 Å². The average molecular weight is 212 g/mol. The lowest BCUT2D eigenvalue weighted by atomic mass is 9.84. The Hall–Kier alpha value is -0.380. The van der Waals surface area contributed by atoms with Crippen molar-refractivity contribution >= 4 is 17.5 Å². The molecule has 2 N–H and O–H groups in total. The molecular formula is C8H12ClF2NO. The van der Waals surface area contributed by atoms with E-state index in [-0.39, 0.29) is 18.2 Å². The summed E-state index contributed by atoms with van der Waals surface area (Å²) in [6.07, 6.45) is 1.64. The smallest absolute Gasteiger partial charge is 0.327 e. The molecule has 1 aliphatic rings. The highest BCUT2D eigenvalue weighted by Gasteiger charge is 2.46. The van der Waals surface area contributed by atoms with Crippen molar-refractivity contribution in [3.05, 3.63) is 0 Å². The minimum absolute atomic E-state index is 0.0278. The van der Waals surface area contributed by atoms with Crippen LogP contribution in [0.1, 0.15) is 25.7 Å². The zero-order valence-corrected chi connectivity index (χ0v) is 7.86. The van der Waals surface area contributed by atoms with Gasteiger partial charge in [-0.25, -0.2) is 0 Å². The maximum atomic E-state index is 13.0. The average Bonchev–Trinajstić information content (AvgIpc) is 2.04. The van der Waals surface area contributed by atoms with Crippen molar-refractivity contribution in [3.8, 4) is 0 Å². The van der Waals surface area contributed by atoms with Crippen molar-refractivity contribution in [2.45, 2.75) is 37.0 Å². The third-order valence-electron chi connectivity index (χ3n) is 2.50. The lowest BCUT2D eigenvalue weighted by Crippen LogP contribution is -2.43. The fourth-order valence-electron chi connectivity index (χ4n) is 1.62. The third kappa shape index (κ3) is 2.30. The molecule has 1 fully saturated rings. The van der Waals surface area contributed by atoms with Gasteiger partial charge in [-0.3, -0.25) is 4.79 Å². The highest BCUT2D eigenvalue weighted by molar-refractivity contribution is 6.20. The van der Waals surface area contributed by atoms with Crippen LogP contribution < -0.4 is 5.73 Å². The first kappa shape index (κ1) is 10.7. The van der Waals surface area contributed by atoms with Gasteiger partial charge in [0.05, 0.1) is 0 Å². The molecule has 0 heterocycles. The number of carbonyl (C=O) groups is 1. The van der Waals surface area contributed by atoms with Gasteiger partial charge in [-0.1, -0.05) is 0 Å². The van der Waals surface area contributed by atoms with Crippen LogP contribution in [0.25, 0.3) is 0 Å². The maximum absolute atomic E-state index is 13.0. The Morgan fingerprint density at radius 3 is 2.15 bits per heavy atom. The van der Waals surface area contributed by atoms with E-state index in [2.05, 4.69) is 5.73 Å². The van der Waals surface area contributed by atoms with E-state index in [1.165, 1.54) is 0 Å². The molecule has 1 aliphatic carbocycles. The fraction of sp³-hybridized carbons (Fsp3) is 0.875. The third-order valence-corrected chi connectivity index (χ3v) is 2.93. The van der Waals surface area contributed by atoms with Crippen LogP contribution in [-0.2, 0) is 4.79 Å². The summed E-state index contributed by atoms with van der Waals surface area (Å²) < 4.78 is 26.1. The SMILES string of the molecule is NC(=O)C(F)(F)C1CCC(Cl)CC1. The molecule has 5 heteroatoms. The summed E-state index contributed by atoms with van der Waals surface area (Å²) in [4.78, 5) is 10.4. The van der Waals surface area contributed by atoms with E-state index in [1.807, 2.05) is 0 Å². The molecule has 0 radical (unpaired) electrons. The van der Waals surface area contributed by atoms with Crippen molar-refractivity contribution in [1.82, 2.24) is 0 Å². The summed E-state index contributed by atoms with van der Waals surface area (Å²) in [6, 6.07) is 0. The normalized spacial score (nSPS) is 30.1. The van der Waals surface area contributed by atoms with Crippen LogP contribution in [0.5, 0.6) is 0 Å². The number of amides is 1. The Morgan fingerprint density at radius 2 is 1.77 bits per heavy atom. The van der Waals surface area contributed by atoms with E-state index < -0.39 is 17.7 Å². The number of hydrogen-bond acceptors (Lipinski definition) is 1. The Balaban J connectivity index is 2.58. The maximum Gasteiger partial charge on any atom is 0.327 e.